The number of carbonyl (C=O) groups excluding carboxylic acids is 1. The lowest BCUT2D eigenvalue weighted by molar-refractivity contribution is -0.115. The first-order valence-corrected chi connectivity index (χ1v) is 8.65. The molecule has 8 heteroatoms. The summed E-state index contributed by atoms with van der Waals surface area (Å²) in [6, 6.07) is 9.23. The van der Waals surface area contributed by atoms with Gasteiger partial charge in [-0.1, -0.05) is 6.07 Å². The molecule has 0 aliphatic rings. The molecule has 1 aromatic carbocycles. The number of hydrogen-bond donors (Lipinski definition) is 1. The minimum atomic E-state index is -0.901. The fourth-order valence-electron chi connectivity index (χ4n) is 3.01. The molecule has 3 aromatic heterocycles. The normalized spacial score (nSPS) is 11.1. The van der Waals surface area contributed by atoms with Crippen molar-refractivity contribution in [3.05, 3.63) is 77.8 Å². The number of amides is 1. The number of nitrogens with one attached hydrogen (secondary N) is 1. The van der Waals surface area contributed by atoms with Gasteiger partial charge in [0.15, 0.2) is 17.5 Å². The van der Waals surface area contributed by atoms with E-state index in [-0.39, 0.29) is 18.9 Å². The van der Waals surface area contributed by atoms with Crippen LogP contribution in [0.25, 0.3) is 11.0 Å². The minimum absolute atomic E-state index is 0.174. The minimum Gasteiger partial charge on any atom is -0.336 e. The standard InChI is InChI=1S/C20H17F2N5O/c1-26-6-4-15-8-14(11-23-20(15)26)10-19(28)24-18-5-7-27(25-18)12-13-2-3-16(21)17(22)9-13/h2-9,11H,10,12H2,1H3,(H,24,25,28). The van der Waals surface area contributed by atoms with Crippen molar-refractivity contribution in [2.45, 2.75) is 13.0 Å². The zero-order valence-corrected chi connectivity index (χ0v) is 15.1. The Morgan fingerprint density at radius 2 is 1.93 bits per heavy atom. The number of halogens is 2. The first-order chi connectivity index (χ1) is 13.5. The topological polar surface area (TPSA) is 64.7 Å². The molecule has 6 nitrogen and oxygen atoms in total. The first kappa shape index (κ1) is 17.8. The highest BCUT2D eigenvalue weighted by Gasteiger charge is 2.09. The van der Waals surface area contributed by atoms with E-state index in [1.807, 2.05) is 29.9 Å². The first-order valence-electron chi connectivity index (χ1n) is 8.65. The highest BCUT2D eigenvalue weighted by Crippen LogP contribution is 2.15. The van der Waals surface area contributed by atoms with Crippen molar-refractivity contribution in [1.29, 1.82) is 0 Å². The summed E-state index contributed by atoms with van der Waals surface area (Å²) in [5.41, 5.74) is 2.24. The van der Waals surface area contributed by atoms with E-state index in [0.717, 1.165) is 28.7 Å². The highest BCUT2D eigenvalue weighted by atomic mass is 19.2. The second-order valence-corrected chi connectivity index (χ2v) is 6.56. The van der Waals surface area contributed by atoms with Crippen molar-refractivity contribution in [3.63, 3.8) is 0 Å². The van der Waals surface area contributed by atoms with Crippen LogP contribution in [0, 0.1) is 11.6 Å². The lowest BCUT2D eigenvalue weighted by atomic mass is 10.2. The smallest absolute Gasteiger partial charge is 0.230 e. The van der Waals surface area contributed by atoms with Gasteiger partial charge in [0, 0.05) is 37.1 Å². The summed E-state index contributed by atoms with van der Waals surface area (Å²) in [5, 5.41) is 7.95. The van der Waals surface area contributed by atoms with Crippen LogP contribution >= 0.6 is 0 Å². The van der Waals surface area contributed by atoms with E-state index >= 15 is 0 Å². The number of benzene rings is 1. The molecule has 0 spiro atoms. The average Bonchev–Trinajstić information content (AvgIpc) is 3.24. The number of hydrogen-bond acceptors (Lipinski definition) is 3. The molecule has 3 heterocycles. The van der Waals surface area contributed by atoms with E-state index in [4.69, 9.17) is 0 Å². The average molecular weight is 381 g/mol. The maximum absolute atomic E-state index is 13.3. The fraction of sp³-hybridized carbons (Fsp3) is 0.150. The number of rotatable bonds is 5. The number of aryl methyl sites for hydroxylation is 1. The van der Waals surface area contributed by atoms with Crippen LogP contribution in [0.1, 0.15) is 11.1 Å². The molecule has 4 rings (SSSR count). The maximum atomic E-state index is 13.3. The third-order valence-electron chi connectivity index (χ3n) is 4.36. The van der Waals surface area contributed by atoms with Gasteiger partial charge in [0.05, 0.1) is 13.0 Å². The lowest BCUT2D eigenvalue weighted by Gasteiger charge is -2.04. The Bertz CT molecular complexity index is 1160. The van der Waals surface area contributed by atoms with Crippen LogP contribution in [0.5, 0.6) is 0 Å². The van der Waals surface area contributed by atoms with Gasteiger partial charge in [0.2, 0.25) is 5.91 Å². The molecule has 0 aliphatic carbocycles. The van der Waals surface area contributed by atoms with Crippen molar-refractivity contribution in [2.24, 2.45) is 7.05 Å². The summed E-state index contributed by atoms with van der Waals surface area (Å²) in [6.07, 6.45) is 5.44. The summed E-state index contributed by atoms with van der Waals surface area (Å²) in [6.45, 7) is 0.266. The molecular weight excluding hydrogens is 364 g/mol. The van der Waals surface area contributed by atoms with Crippen molar-refractivity contribution < 1.29 is 13.6 Å². The van der Waals surface area contributed by atoms with Crippen molar-refractivity contribution in [1.82, 2.24) is 19.3 Å². The molecule has 0 unspecified atom stereocenters. The summed E-state index contributed by atoms with van der Waals surface area (Å²) in [5.74, 6) is -1.61. The van der Waals surface area contributed by atoms with Gasteiger partial charge in [0.1, 0.15) is 5.65 Å². The van der Waals surface area contributed by atoms with Crippen LogP contribution < -0.4 is 5.32 Å². The van der Waals surface area contributed by atoms with E-state index in [9.17, 15) is 13.6 Å². The quantitative estimate of drug-likeness (QED) is 0.577. The third kappa shape index (κ3) is 3.75. The number of carbonyl (C=O) groups is 1. The molecule has 1 N–H and O–H groups in total. The number of nitrogens with zero attached hydrogens (tertiary/aromatic N) is 4. The van der Waals surface area contributed by atoms with Gasteiger partial charge in [-0.3, -0.25) is 9.48 Å². The van der Waals surface area contributed by atoms with Crippen LogP contribution in [0.2, 0.25) is 0 Å². The Kier molecular flexibility index (Phi) is 4.60. The summed E-state index contributed by atoms with van der Waals surface area (Å²) in [7, 11) is 1.92. The predicted octanol–water partition coefficient (Wildman–Crippen LogP) is 3.28. The molecule has 0 fully saturated rings. The molecule has 0 radical (unpaired) electrons. The molecule has 0 bridgehead atoms. The fourth-order valence-corrected chi connectivity index (χ4v) is 3.01. The van der Waals surface area contributed by atoms with Crippen molar-refractivity contribution in [2.75, 3.05) is 5.32 Å². The Labute approximate surface area is 159 Å². The Morgan fingerprint density at radius 1 is 1.07 bits per heavy atom. The molecule has 1 amide bonds. The molecule has 0 saturated carbocycles. The number of pyridine rings is 1. The third-order valence-corrected chi connectivity index (χ3v) is 4.36. The van der Waals surface area contributed by atoms with E-state index in [2.05, 4.69) is 15.4 Å². The van der Waals surface area contributed by atoms with Crippen LogP contribution in [0.15, 0.2) is 55.0 Å². The van der Waals surface area contributed by atoms with Crippen LogP contribution in [0.3, 0.4) is 0 Å². The Balaban J connectivity index is 1.39. The molecule has 142 valence electrons. The second-order valence-electron chi connectivity index (χ2n) is 6.56. The monoisotopic (exact) mass is 381 g/mol. The Hall–Kier alpha value is -3.55. The zero-order valence-electron chi connectivity index (χ0n) is 15.1. The molecule has 0 atom stereocenters. The van der Waals surface area contributed by atoms with Crippen LogP contribution in [-0.2, 0) is 24.8 Å². The van der Waals surface area contributed by atoms with E-state index in [0.29, 0.717) is 11.4 Å². The number of aromatic nitrogens is 4. The van der Waals surface area contributed by atoms with Gasteiger partial charge in [-0.2, -0.15) is 5.10 Å². The number of anilines is 1. The zero-order chi connectivity index (χ0) is 19.7. The summed E-state index contributed by atoms with van der Waals surface area (Å²) in [4.78, 5) is 16.7. The highest BCUT2D eigenvalue weighted by molar-refractivity contribution is 5.91. The van der Waals surface area contributed by atoms with Gasteiger partial charge >= 0.3 is 0 Å². The molecule has 4 aromatic rings. The molecule has 0 saturated heterocycles. The van der Waals surface area contributed by atoms with E-state index < -0.39 is 11.6 Å². The summed E-state index contributed by atoms with van der Waals surface area (Å²) >= 11 is 0. The van der Waals surface area contributed by atoms with Gasteiger partial charge in [-0.15, -0.1) is 0 Å². The van der Waals surface area contributed by atoms with E-state index in [1.165, 1.54) is 6.07 Å². The SMILES string of the molecule is Cn1ccc2cc(CC(=O)Nc3ccn(Cc4ccc(F)c(F)c4)n3)cnc21. The van der Waals surface area contributed by atoms with Gasteiger partial charge in [-0.05, 0) is 35.4 Å². The van der Waals surface area contributed by atoms with E-state index in [1.54, 1.807) is 23.1 Å². The van der Waals surface area contributed by atoms with Crippen LogP contribution in [0.4, 0.5) is 14.6 Å². The Morgan fingerprint density at radius 3 is 2.75 bits per heavy atom. The van der Waals surface area contributed by atoms with Crippen molar-refractivity contribution in [3.8, 4) is 0 Å². The molecule has 0 aliphatic heterocycles. The van der Waals surface area contributed by atoms with Gasteiger partial charge < -0.3 is 9.88 Å². The predicted molar refractivity (Wildman–Crippen MR) is 101 cm³/mol. The molecular formula is C20H17F2N5O. The lowest BCUT2D eigenvalue weighted by Crippen LogP contribution is -2.15. The number of fused-ring (bicyclic) bond motifs is 1. The van der Waals surface area contributed by atoms with Gasteiger partial charge in [0.25, 0.3) is 0 Å². The second kappa shape index (κ2) is 7.22. The maximum Gasteiger partial charge on any atom is 0.230 e. The molecule has 28 heavy (non-hydrogen) atoms. The van der Waals surface area contributed by atoms with Crippen LogP contribution in [-0.4, -0.2) is 25.2 Å². The summed E-state index contributed by atoms with van der Waals surface area (Å²) < 4.78 is 29.8. The largest absolute Gasteiger partial charge is 0.336 e. The van der Waals surface area contributed by atoms with Gasteiger partial charge in [-0.25, -0.2) is 13.8 Å². The van der Waals surface area contributed by atoms with Crippen molar-refractivity contribution >= 4 is 22.8 Å².